The van der Waals surface area contributed by atoms with E-state index in [1.54, 1.807) is 4.68 Å². The Morgan fingerprint density at radius 3 is 2.78 bits per heavy atom. The van der Waals surface area contributed by atoms with E-state index in [-0.39, 0.29) is 0 Å². The lowest BCUT2D eigenvalue weighted by molar-refractivity contribution is 0.301. The van der Waals surface area contributed by atoms with Crippen LogP contribution in [0.25, 0.3) is 10.9 Å². The van der Waals surface area contributed by atoms with Gasteiger partial charge in [-0.2, -0.15) is 5.26 Å². The van der Waals surface area contributed by atoms with Crippen LogP contribution in [0.15, 0.2) is 60.7 Å². The summed E-state index contributed by atoms with van der Waals surface area (Å²) in [5, 5.41) is 21.6. The van der Waals surface area contributed by atoms with Crippen LogP contribution in [0.4, 0.5) is 0 Å². The number of unbranched alkanes of at least 4 members (excludes halogenated alkanes) is 2. The van der Waals surface area contributed by atoms with Crippen molar-refractivity contribution < 1.29 is 4.74 Å². The van der Waals surface area contributed by atoms with E-state index in [1.165, 1.54) is 5.56 Å². The maximum atomic E-state index is 8.72. The van der Waals surface area contributed by atoms with Gasteiger partial charge in [-0.05, 0) is 59.5 Å². The van der Waals surface area contributed by atoms with Crippen LogP contribution in [0, 0.1) is 11.3 Å². The number of para-hydroxylation sites is 1. The summed E-state index contributed by atoms with van der Waals surface area (Å²) >= 11 is 0. The SMILES string of the molecule is N#CCCn1nnnc1CCCCCc1cccc(OCc2ccc3ccccc3n2)c1. The molecule has 2 aromatic carbocycles. The second-order valence-corrected chi connectivity index (χ2v) is 7.72. The number of aromatic nitrogens is 5. The minimum atomic E-state index is 0.424. The van der Waals surface area contributed by atoms with Crippen LogP contribution in [-0.4, -0.2) is 25.2 Å². The van der Waals surface area contributed by atoms with Crippen molar-refractivity contribution in [3.63, 3.8) is 0 Å². The fourth-order valence-corrected chi connectivity index (χ4v) is 3.66. The van der Waals surface area contributed by atoms with Gasteiger partial charge in [0.1, 0.15) is 12.4 Å². The highest BCUT2D eigenvalue weighted by molar-refractivity contribution is 5.78. The lowest BCUT2D eigenvalue weighted by Gasteiger charge is -2.09. The summed E-state index contributed by atoms with van der Waals surface area (Å²) in [6, 6.07) is 22.6. The van der Waals surface area contributed by atoms with Crippen LogP contribution < -0.4 is 4.74 Å². The monoisotopic (exact) mass is 426 g/mol. The first kappa shape index (κ1) is 21.4. The highest BCUT2D eigenvalue weighted by Crippen LogP contribution is 2.18. The van der Waals surface area contributed by atoms with E-state index >= 15 is 0 Å². The molecule has 0 bridgehead atoms. The van der Waals surface area contributed by atoms with Crippen molar-refractivity contribution in [2.24, 2.45) is 0 Å². The molecule has 0 spiro atoms. The van der Waals surface area contributed by atoms with Crippen molar-refractivity contribution in [1.29, 1.82) is 5.26 Å². The molecule has 0 aliphatic heterocycles. The second kappa shape index (κ2) is 11.0. The van der Waals surface area contributed by atoms with Gasteiger partial charge in [0.25, 0.3) is 0 Å². The van der Waals surface area contributed by atoms with Crippen molar-refractivity contribution in [2.45, 2.75) is 51.7 Å². The number of nitriles is 1. The van der Waals surface area contributed by atoms with Crippen LogP contribution in [0.1, 0.15) is 42.8 Å². The first-order valence-electron chi connectivity index (χ1n) is 11.0. The molecule has 2 aromatic heterocycles. The van der Waals surface area contributed by atoms with Gasteiger partial charge >= 0.3 is 0 Å². The fourth-order valence-electron chi connectivity index (χ4n) is 3.66. The third kappa shape index (κ3) is 5.88. The predicted molar refractivity (Wildman–Crippen MR) is 122 cm³/mol. The molecule has 0 aliphatic carbocycles. The van der Waals surface area contributed by atoms with E-state index in [9.17, 15) is 0 Å². The number of ether oxygens (including phenoxy) is 1. The number of pyridine rings is 1. The lowest BCUT2D eigenvalue weighted by atomic mass is 10.1. The van der Waals surface area contributed by atoms with Crippen molar-refractivity contribution >= 4 is 10.9 Å². The van der Waals surface area contributed by atoms with Crippen molar-refractivity contribution in [3.8, 4) is 11.8 Å². The Morgan fingerprint density at radius 2 is 1.84 bits per heavy atom. The molecule has 0 atom stereocenters. The largest absolute Gasteiger partial charge is 0.487 e. The Morgan fingerprint density at radius 1 is 0.938 bits per heavy atom. The first-order valence-corrected chi connectivity index (χ1v) is 11.0. The topological polar surface area (TPSA) is 89.5 Å². The zero-order valence-corrected chi connectivity index (χ0v) is 18.0. The van der Waals surface area contributed by atoms with Crippen LogP contribution in [-0.2, 0) is 26.0 Å². The highest BCUT2D eigenvalue weighted by Gasteiger charge is 2.06. The summed E-state index contributed by atoms with van der Waals surface area (Å²) in [5.41, 5.74) is 3.18. The number of fused-ring (bicyclic) bond motifs is 1. The third-order valence-electron chi connectivity index (χ3n) is 5.35. The number of rotatable bonds is 11. The van der Waals surface area contributed by atoms with Crippen LogP contribution in [0.2, 0.25) is 0 Å². The minimum Gasteiger partial charge on any atom is -0.487 e. The van der Waals surface area contributed by atoms with E-state index in [1.807, 2.05) is 36.4 Å². The molecule has 4 aromatic rings. The smallest absolute Gasteiger partial charge is 0.151 e. The van der Waals surface area contributed by atoms with Gasteiger partial charge in [0.2, 0.25) is 0 Å². The van der Waals surface area contributed by atoms with E-state index in [0.29, 0.717) is 19.6 Å². The van der Waals surface area contributed by atoms with Crippen LogP contribution >= 0.6 is 0 Å². The Hall–Kier alpha value is -3.79. The summed E-state index contributed by atoms with van der Waals surface area (Å²) in [7, 11) is 0. The van der Waals surface area contributed by atoms with Gasteiger partial charge in [-0.25, -0.2) is 9.67 Å². The van der Waals surface area contributed by atoms with E-state index < -0.39 is 0 Å². The number of benzene rings is 2. The van der Waals surface area contributed by atoms with Gasteiger partial charge < -0.3 is 4.74 Å². The molecule has 7 heteroatoms. The molecule has 0 fully saturated rings. The Kier molecular flexibility index (Phi) is 7.38. The molecule has 4 rings (SSSR count). The maximum absolute atomic E-state index is 8.72. The predicted octanol–water partition coefficient (Wildman–Crippen LogP) is 4.67. The average Bonchev–Trinajstić information content (AvgIpc) is 3.28. The van der Waals surface area contributed by atoms with Crippen molar-refractivity contribution in [3.05, 3.63) is 77.7 Å². The second-order valence-electron chi connectivity index (χ2n) is 7.72. The van der Waals surface area contributed by atoms with Gasteiger partial charge in [-0.15, -0.1) is 5.10 Å². The maximum Gasteiger partial charge on any atom is 0.151 e. The molecule has 2 heterocycles. The Balaban J connectivity index is 1.22. The van der Waals surface area contributed by atoms with Crippen molar-refractivity contribution in [1.82, 2.24) is 25.2 Å². The molecule has 0 amide bonds. The van der Waals surface area contributed by atoms with Gasteiger partial charge in [0, 0.05) is 11.8 Å². The van der Waals surface area contributed by atoms with Crippen LogP contribution in [0.3, 0.4) is 0 Å². The summed E-state index contributed by atoms with van der Waals surface area (Å²) < 4.78 is 7.72. The lowest BCUT2D eigenvalue weighted by Crippen LogP contribution is -2.05. The fraction of sp³-hybridized carbons (Fsp3) is 0.320. The molecule has 0 unspecified atom stereocenters. The van der Waals surface area contributed by atoms with E-state index in [0.717, 1.165) is 60.3 Å². The zero-order chi connectivity index (χ0) is 22.0. The number of hydrogen-bond donors (Lipinski definition) is 0. The van der Waals surface area contributed by atoms with Crippen molar-refractivity contribution in [2.75, 3.05) is 0 Å². The quantitative estimate of drug-likeness (QED) is 0.324. The molecule has 0 N–H and O–H groups in total. The Bertz CT molecular complexity index is 1200. The molecule has 7 nitrogen and oxygen atoms in total. The molecular weight excluding hydrogens is 400 g/mol. The molecule has 0 saturated carbocycles. The van der Waals surface area contributed by atoms with Gasteiger partial charge in [0.05, 0.1) is 30.2 Å². The summed E-state index contributed by atoms with van der Waals surface area (Å²) in [6.07, 6.45) is 5.47. The number of hydrogen-bond acceptors (Lipinski definition) is 6. The van der Waals surface area contributed by atoms with E-state index in [2.05, 4.69) is 50.8 Å². The Labute approximate surface area is 187 Å². The first-order chi connectivity index (χ1) is 15.8. The standard InChI is InChI=1S/C25H26N6O/c26-16-7-17-31-25(28-29-30-31)13-3-1-2-8-20-9-6-11-23(18-20)32-19-22-15-14-21-10-4-5-12-24(21)27-22/h4-6,9-12,14-15,18H,1-3,7-8,13,17,19H2. The normalized spacial score (nSPS) is 10.8. The number of aryl methyl sites for hydroxylation is 3. The molecule has 162 valence electrons. The van der Waals surface area contributed by atoms with Gasteiger partial charge in [-0.3, -0.25) is 0 Å². The third-order valence-corrected chi connectivity index (χ3v) is 5.35. The number of tetrazole rings is 1. The number of nitrogens with zero attached hydrogens (tertiary/aromatic N) is 6. The minimum absolute atomic E-state index is 0.424. The van der Waals surface area contributed by atoms with Gasteiger partial charge in [-0.1, -0.05) is 42.8 Å². The molecule has 0 radical (unpaired) electrons. The zero-order valence-electron chi connectivity index (χ0n) is 18.0. The summed E-state index contributed by atoms with van der Waals surface area (Å²) in [5.74, 6) is 1.73. The van der Waals surface area contributed by atoms with Gasteiger partial charge in [0.15, 0.2) is 5.82 Å². The molecule has 0 saturated heterocycles. The van der Waals surface area contributed by atoms with E-state index in [4.69, 9.17) is 10.00 Å². The average molecular weight is 427 g/mol. The molecule has 32 heavy (non-hydrogen) atoms. The summed E-state index contributed by atoms with van der Waals surface area (Å²) in [6.45, 7) is 1.01. The summed E-state index contributed by atoms with van der Waals surface area (Å²) in [4.78, 5) is 4.67. The highest BCUT2D eigenvalue weighted by atomic mass is 16.5. The molecule has 0 aliphatic rings. The molecular formula is C25H26N6O. The van der Waals surface area contributed by atoms with Crippen LogP contribution in [0.5, 0.6) is 5.75 Å².